The van der Waals surface area contributed by atoms with Gasteiger partial charge in [-0.25, -0.2) is 4.98 Å². The van der Waals surface area contributed by atoms with Crippen molar-refractivity contribution in [3.05, 3.63) is 46.6 Å². The van der Waals surface area contributed by atoms with Gasteiger partial charge in [0.1, 0.15) is 11.6 Å². The lowest BCUT2D eigenvalue weighted by molar-refractivity contribution is -0.116. The molecule has 2 aromatic rings. The van der Waals surface area contributed by atoms with Crippen LogP contribution in [0.3, 0.4) is 0 Å². The van der Waals surface area contributed by atoms with E-state index < -0.39 is 0 Å². The number of carbonyl (C=O) groups is 1. The molecule has 2 rings (SSSR count). The molecule has 0 atom stereocenters. The number of pyridine rings is 1. The molecular formula is C17H19Cl2N3O2. The topological polar surface area (TPSA) is 54.5 Å². The van der Waals surface area contributed by atoms with Gasteiger partial charge in [-0.15, -0.1) is 0 Å². The highest BCUT2D eigenvalue weighted by atomic mass is 35.5. The molecule has 0 saturated heterocycles. The van der Waals surface area contributed by atoms with Crippen LogP contribution in [0.1, 0.15) is 12.8 Å². The maximum atomic E-state index is 11.9. The second kappa shape index (κ2) is 8.76. The second-order valence-corrected chi connectivity index (χ2v) is 6.22. The molecule has 1 aromatic heterocycles. The first-order valence-electron chi connectivity index (χ1n) is 7.47. The van der Waals surface area contributed by atoms with Crippen molar-refractivity contribution in [2.45, 2.75) is 12.8 Å². The van der Waals surface area contributed by atoms with E-state index in [4.69, 9.17) is 27.9 Å². The van der Waals surface area contributed by atoms with Crippen LogP contribution in [0.2, 0.25) is 10.0 Å². The number of carbonyl (C=O) groups excluding carboxylic acids is 1. The summed E-state index contributed by atoms with van der Waals surface area (Å²) >= 11 is 11.8. The van der Waals surface area contributed by atoms with E-state index in [1.165, 1.54) is 0 Å². The largest absolute Gasteiger partial charge is 0.492 e. The predicted molar refractivity (Wildman–Crippen MR) is 98.4 cm³/mol. The molecule has 0 spiro atoms. The fourth-order valence-electron chi connectivity index (χ4n) is 1.96. The molecule has 128 valence electrons. The molecule has 0 aliphatic rings. The zero-order valence-electron chi connectivity index (χ0n) is 13.6. The summed E-state index contributed by atoms with van der Waals surface area (Å²) < 4.78 is 5.55. The van der Waals surface area contributed by atoms with Gasteiger partial charge in [0, 0.05) is 25.5 Å². The molecule has 1 aromatic carbocycles. The van der Waals surface area contributed by atoms with Crippen LogP contribution < -0.4 is 15.0 Å². The van der Waals surface area contributed by atoms with Crippen LogP contribution in [0.5, 0.6) is 5.75 Å². The number of hydrogen-bond acceptors (Lipinski definition) is 4. The number of aromatic nitrogens is 1. The molecule has 1 N–H and O–H groups in total. The standard InChI is InChI=1S/C17H19Cl2N3O2/c1-22(2)16-8-6-13(11-20-16)21-17(23)4-3-9-24-15-7-5-12(18)10-14(15)19/h5-8,10-11H,3-4,9H2,1-2H3,(H,21,23). The normalized spacial score (nSPS) is 10.3. The molecule has 1 heterocycles. The maximum Gasteiger partial charge on any atom is 0.224 e. The van der Waals surface area contributed by atoms with Gasteiger partial charge in [0.25, 0.3) is 0 Å². The Bertz CT molecular complexity index is 691. The van der Waals surface area contributed by atoms with Crippen molar-refractivity contribution in [2.24, 2.45) is 0 Å². The van der Waals surface area contributed by atoms with E-state index in [-0.39, 0.29) is 5.91 Å². The first-order chi connectivity index (χ1) is 11.5. The lowest BCUT2D eigenvalue weighted by Gasteiger charge is -2.12. The van der Waals surface area contributed by atoms with E-state index in [0.717, 1.165) is 5.82 Å². The molecule has 24 heavy (non-hydrogen) atoms. The molecule has 0 bridgehead atoms. The Balaban J connectivity index is 1.73. The minimum absolute atomic E-state index is 0.0831. The molecule has 0 unspecified atom stereocenters. The lowest BCUT2D eigenvalue weighted by Crippen LogP contribution is -2.14. The fraction of sp³-hybridized carbons (Fsp3) is 0.294. The number of benzene rings is 1. The van der Waals surface area contributed by atoms with Crippen molar-refractivity contribution in [2.75, 3.05) is 30.9 Å². The summed E-state index contributed by atoms with van der Waals surface area (Å²) in [4.78, 5) is 18.0. The van der Waals surface area contributed by atoms with E-state index in [1.807, 2.05) is 31.1 Å². The van der Waals surface area contributed by atoms with Crippen LogP contribution in [0.15, 0.2) is 36.5 Å². The third-order valence-corrected chi connectivity index (χ3v) is 3.72. The quantitative estimate of drug-likeness (QED) is 0.743. The van der Waals surface area contributed by atoms with Gasteiger partial charge in [-0.1, -0.05) is 23.2 Å². The number of hydrogen-bond donors (Lipinski definition) is 1. The van der Waals surface area contributed by atoms with Crippen molar-refractivity contribution in [1.29, 1.82) is 0 Å². The van der Waals surface area contributed by atoms with Crippen molar-refractivity contribution in [3.63, 3.8) is 0 Å². The summed E-state index contributed by atoms with van der Waals surface area (Å²) in [6.45, 7) is 0.395. The van der Waals surface area contributed by atoms with Gasteiger partial charge in [-0.3, -0.25) is 4.79 Å². The Labute approximate surface area is 151 Å². The Kier molecular flexibility index (Phi) is 6.70. The number of ether oxygens (including phenoxy) is 1. The highest BCUT2D eigenvalue weighted by molar-refractivity contribution is 6.35. The smallest absolute Gasteiger partial charge is 0.224 e. The van der Waals surface area contributed by atoms with Gasteiger partial charge < -0.3 is 15.0 Å². The van der Waals surface area contributed by atoms with Gasteiger partial charge in [0.2, 0.25) is 5.91 Å². The molecule has 5 nitrogen and oxygen atoms in total. The summed E-state index contributed by atoms with van der Waals surface area (Å²) in [5.41, 5.74) is 0.673. The summed E-state index contributed by atoms with van der Waals surface area (Å²) in [7, 11) is 3.82. The first kappa shape index (κ1) is 18.4. The SMILES string of the molecule is CN(C)c1ccc(NC(=O)CCCOc2ccc(Cl)cc2Cl)cn1. The zero-order valence-corrected chi connectivity index (χ0v) is 15.1. The van der Waals surface area contributed by atoms with Gasteiger partial charge in [-0.05, 0) is 36.8 Å². The molecule has 1 amide bonds. The molecule has 7 heteroatoms. The van der Waals surface area contributed by atoms with Crippen molar-refractivity contribution < 1.29 is 9.53 Å². The van der Waals surface area contributed by atoms with E-state index in [2.05, 4.69) is 10.3 Å². The van der Waals surface area contributed by atoms with Crippen molar-refractivity contribution >= 4 is 40.6 Å². The number of anilines is 2. The Morgan fingerprint density at radius 1 is 1.25 bits per heavy atom. The fourth-order valence-corrected chi connectivity index (χ4v) is 2.42. The number of rotatable bonds is 7. The number of nitrogens with zero attached hydrogens (tertiary/aromatic N) is 2. The van der Waals surface area contributed by atoms with Gasteiger partial charge >= 0.3 is 0 Å². The summed E-state index contributed by atoms with van der Waals surface area (Å²) in [5.74, 6) is 1.31. The zero-order chi connectivity index (χ0) is 17.5. The summed E-state index contributed by atoms with van der Waals surface area (Å²) in [6.07, 6.45) is 2.56. The number of halogens is 2. The van der Waals surface area contributed by atoms with Crippen LogP contribution in [-0.4, -0.2) is 31.6 Å². The molecule has 0 aliphatic carbocycles. The van der Waals surface area contributed by atoms with Gasteiger partial charge in [-0.2, -0.15) is 0 Å². The first-order valence-corrected chi connectivity index (χ1v) is 8.22. The molecule has 0 radical (unpaired) electrons. The lowest BCUT2D eigenvalue weighted by atomic mass is 10.3. The van der Waals surface area contributed by atoms with Crippen LogP contribution in [0, 0.1) is 0 Å². The van der Waals surface area contributed by atoms with Crippen LogP contribution in [0.25, 0.3) is 0 Å². The minimum atomic E-state index is -0.0831. The van der Waals surface area contributed by atoms with Gasteiger partial charge in [0.15, 0.2) is 0 Å². The van der Waals surface area contributed by atoms with Crippen molar-refractivity contribution in [3.8, 4) is 5.75 Å². The van der Waals surface area contributed by atoms with Crippen molar-refractivity contribution in [1.82, 2.24) is 4.98 Å². The van der Waals surface area contributed by atoms with Crippen LogP contribution in [-0.2, 0) is 4.79 Å². The molecular weight excluding hydrogens is 349 g/mol. The Morgan fingerprint density at radius 2 is 2.04 bits per heavy atom. The van der Waals surface area contributed by atoms with E-state index in [9.17, 15) is 4.79 Å². The van der Waals surface area contributed by atoms with Crippen LogP contribution in [0.4, 0.5) is 11.5 Å². The summed E-state index contributed by atoms with van der Waals surface area (Å²) in [6, 6.07) is 8.71. The predicted octanol–water partition coefficient (Wildman–Crippen LogP) is 4.25. The van der Waals surface area contributed by atoms with E-state index >= 15 is 0 Å². The number of amides is 1. The Hall–Kier alpha value is -1.98. The average Bonchev–Trinajstić information content (AvgIpc) is 2.53. The monoisotopic (exact) mass is 367 g/mol. The number of nitrogens with one attached hydrogen (secondary N) is 1. The van der Waals surface area contributed by atoms with E-state index in [0.29, 0.717) is 40.9 Å². The Morgan fingerprint density at radius 3 is 2.67 bits per heavy atom. The maximum absolute atomic E-state index is 11.9. The highest BCUT2D eigenvalue weighted by Crippen LogP contribution is 2.27. The van der Waals surface area contributed by atoms with Crippen LogP contribution >= 0.6 is 23.2 Å². The third-order valence-electron chi connectivity index (χ3n) is 3.19. The summed E-state index contributed by atoms with van der Waals surface area (Å²) in [5, 5.41) is 3.82. The molecule has 0 fully saturated rings. The van der Waals surface area contributed by atoms with E-state index in [1.54, 1.807) is 24.4 Å². The third kappa shape index (κ3) is 5.58. The van der Waals surface area contributed by atoms with Gasteiger partial charge in [0.05, 0.1) is 23.5 Å². The molecule has 0 saturated carbocycles. The average molecular weight is 368 g/mol. The second-order valence-electron chi connectivity index (χ2n) is 5.37. The highest BCUT2D eigenvalue weighted by Gasteiger charge is 2.06. The molecule has 0 aliphatic heterocycles. The minimum Gasteiger partial charge on any atom is -0.492 e.